The normalized spacial score (nSPS) is 24.8. The van der Waals surface area contributed by atoms with Crippen molar-refractivity contribution in [3.63, 3.8) is 0 Å². The summed E-state index contributed by atoms with van der Waals surface area (Å²) in [5.41, 5.74) is 0.522. The van der Waals surface area contributed by atoms with Gasteiger partial charge in [0.1, 0.15) is 8.42 Å². The van der Waals surface area contributed by atoms with Crippen LogP contribution < -0.4 is 40.0 Å². The van der Waals surface area contributed by atoms with E-state index >= 15 is 0 Å². The number of fused-ring (bicyclic) bond motifs is 1. The number of hydrogen-bond donors (Lipinski definition) is 2. The number of nitrogens with two attached hydrogens (primary N) is 1. The van der Waals surface area contributed by atoms with Crippen molar-refractivity contribution in [1.29, 1.82) is 0 Å². The molecule has 0 saturated carbocycles. The molecule has 2 rings (SSSR count). The minimum absolute atomic E-state index is 0. The largest absolute Gasteiger partial charge is 1.00 e. The number of hydrogen-bond acceptors (Lipinski definition) is 6. The molecule has 3 N–H and O–H groups in total. The molecular weight excluding hydrogens is 331 g/mol. The van der Waals surface area contributed by atoms with E-state index in [0.29, 0.717) is 18.5 Å². The van der Waals surface area contributed by atoms with E-state index in [2.05, 4.69) is 5.32 Å². The standard InChI is InChI=1S/C10H16N2O4S3.Na.H/c1-3-12-8-4-6(2)18(13,14)10-7(8)5-9(17-10)19(11,15)16;;/h5-6,8,12H,3-4H2,1-2H3,(H2,11,15,16);;/q;+1;-1/t6-,8-;;/m0../s1. The third kappa shape index (κ3) is 3.30. The third-order valence-corrected chi connectivity index (χ3v) is 8.48. The molecule has 0 aliphatic carbocycles. The first kappa shape index (κ1) is 18.6. The van der Waals surface area contributed by atoms with Gasteiger partial charge in [0.25, 0.3) is 0 Å². The van der Waals surface area contributed by atoms with E-state index in [1.165, 1.54) is 6.07 Å². The molecule has 1 aromatic rings. The fourth-order valence-corrected chi connectivity index (χ4v) is 6.60. The molecule has 6 nitrogen and oxygen atoms in total. The summed E-state index contributed by atoms with van der Waals surface area (Å²) in [6.07, 6.45) is 0.434. The first-order valence-electron chi connectivity index (χ1n) is 5.81. The number of sulfonamides is 1. The molecule has 110 valence electrons. The number of primary sulfonamides is 1. The zero-order valence-corrected chi connectivity index (χ0v) is 16.0. The Balaban J connectivity index is 0.00000200. The summed E-state index contributed by atoms with van der Waals surface area (Å²) in [5, 5.41) is 7.73. The van der Waals surface area contributed by atoms with Gasteiger partial charge in [0, 0.05) is 11.6 Å². The molecule has 1 aliphatic heterocycles. The Labute approximate surface area is 146 Å². The molecule has 0 spiro atoms. The van der Waals surface area contributed by atoms with Crippen LogP contribution in [0.15, 0.2) is 14.5 Å². The van der Waals surface area contributed by atoms with Gasteiger partial charge in [-0.2, -0.15) is 0 Å². The second-order valence-electron chi connectivity index (χ2n) is 4.55. The summed E-state index contributed by atoms with van der Waals surface area (Å²) in [6, 6.07) is 1.23. The van der Waals surface area contributed by atoms with Crippen LogP contribution in [-0.4, -0.2) is 28.6 Å². The summed E-state index contributed by atoms with van der Waals surface area (Å²) >= 11 is 0.742. The Morgan fingerprint density at radius 1 is 1.55 bits per heavy atom. The Morgan fingerprint density at radius 3 is 2.65 bits per heavy atom. The Morgan fingerprint density at radius 2 is 2.15 bits per heavy atom. The van der Waals surface area contributed by atoms with Crippen LogP contribution in [0.1, 0.15) is 33.3 Å². The predicted octanol–water partition coefficient (Wildman–Crippen LogP) is -2.27. The van der Waals surface area contributed by atoms with Crippen LogP contribution in [0.4, 0.5) is 0 Å². The maximum absolute atomic E-state index is 12.2. The van der Waals surface area contributed by atoms with Crippen LogP contribution in [0.3, 0.4) is 0 Å². The van der Waals surface area contributed by atoms with E-state index < -0.39 is 25.1 Å². The predicted molar refractivity (Wildman–Crippen MR) is 74.5 cm³/mol. The quantitative estimate of drug-likeness (QED) is 0.599. The van der Waals surface area contributed by atoms with Crippen LogP contribution in [0.2, 0.25) is 0 Å². The van der Waals surface area contributed by atoms with Crippen molar-refractivity contribution in [2.45, 2.75) is 40.0 Å². The van der Waals surface area contributed by atoms with E-state index in [0.717, 1.165) is 11.3 Å². The van der Waals surface area contributed by atoms with Crippen molar-refractivity contribution in [3.8, 4) is 0 Å². The van der Waals surface area contributed by atoms with Gasteiger partial charge in [-0.25, -0.2) is 22.0 Å². The van der Waals surface area contributed by atoms with E-state index in [1.54, 1.807) is 6.92 Å². The van der Waals surface area contributed by atoms with Gasteiger partial charge < -0.3 is 6.74 Å². The zero-order chi connectivity index (χ0) is 14.4. The van der Waals surface area contributed by atoms with Crippen molar-refractivity contribution >= 4 is 31.2 Å². The maximum atomic E-state index is 12.2. The fraction of sp³-hybridized carbons (Fsp3) is 0.600. The molecule has 0 aromatic carbocycles. The smallest absolute Gasteiger partial charge is 1.00 e. The zero-order valence-electron chi connectivity index (χ0n) is 12.6. The van der Waals surface area contributed by atoms with Crippen LogP contribution in [0.5, 0.6) is 0 Å². The second kappa shape index (κ2) is 6.33. The van der Waals surface area contributed by atoms with Gasteiger partial charge in [0.2, 0.25) is 10.0 Å². The number of rotatable bonds is 3. The summed E-state index contributed by atoms with van der Waals surface area (Å²) in [4.78, 5) is 0. The first-order valence-corrected chi connectivity index (χ1v) is 9.72. The van der Waals surface area contributed by atoms with Gasteiger partial charge in [-0.15, -0.1) is 11.3 Å². The van der Waals surface area contributed by atoms with Crippen molar-refractivity contribution in [2.24, 2.45) is 5.14 Å². The minimum Gasteiger partial charge on any atom is -1.00 e. The Hall–Kier alpha value is 0.520. The Kier molecular flexibility index (Phi) is 5.88. The molecular formula is C10H17N2NaO4S3. The van der Waals surface area contributed by atoms with Crippen molar-refractivity contribution in [3.05, 3.63) is 11.6 Å². The fourth-order valence-electron chi connectivity index (χ4n) is 2.18. The SMILES string of the molecule is CCN[C@H]1C[C@H](C)S(=O)(=O)c2sc(S(N)(=O)=O)cc21.[H-].[Na+]. The van der Waals surface area contributed by atoms with Gasteiger partial charge >= 0.3 is 29.6 Å². The Bertz CT molecular complexity index is 702. The van der Waals surface area contributed by atoms with Gasteiger partial charge in [-0.1, -0.05) is 6.92 Å². The average Bonchev–Trinajstić information content (AvgIpc) is 2.72. The summed E-state index contributed by atoms with van der Waals surface area (Å²) in [7, 11) is -7.33. The topological polar surface area (TPSA) is 106 Å². The van der Waals surface area contributed by atoms with Crippen molar-refractivity contribution in [1.82, 2.24) is 5.32 Å². The van der Waals surface area contributed by atoms with Gasteiger partial charge in [0.15, 0.2) is 9.84 Å². The van der Waals surface area contributed by atoms with Crippen molar-refractivity contribution in [2.75, 3.05) is 6.54 Å². The molecule has 0 unspecified atom stereocenters. The minimum atomic E-state index is -3.88. The molecule has 20 heavy (non-hydrogen) atoms. The molecule has 2 atom stereocenters. The summed E-state index contributed by atoms with van der Waals surface area (Å²) in [6.45, 7) is 4.23. The van der Waals surface area contributed by atoms with Gasteiger partial charge in [-0.3, -0.25) is 0 Å². The van der Waals surface area contributed by atoms with E-state index in [-0.39, 0.29) is 45.4 Å². The molecule has 2 heterocycles. The molecule has 1 aliphatic rings. The maximum Gasteiger partial charge on any atom is 1.00 e. The van der Waals surface area contributed by atoms with Crippen LogP contribution >= 0.6 is 11.3 Å². The number of sulfone groups is 1. The van der Waals surface area contributed by atoms with Crippen LogP contribution in [-0.2, 0) is 19.9 Å². The van der Waals surface area contributed by atoms with Crippen LogP contribution in [0.25, 0.3) is 0 Å². The molecule has 10 heteroatoms. The molecule has 0 bridgehead atoms. The molecule has 0 radical (unpaired) electrons. The first-order chi connectivity index (χ1) is 8.67. The molecule has 1 aromatic heterocycles. The molecule has 0 amide bonds. The van der Waals surface area contributed by atoms with E-state index in [4.69, 9.17) is 5.14 Å². The summed E-state index contributed by atoms with van der Waals surface area (Å²) in [5.74, 6) is 0. The van der Waals surface area contributed by atoms with Crippen molar-refractivity contribution < 1.29 is 47.8 Å². The van der Waals surface area contributed by atoms with Crippen LogP contribution in [0, 0.1) is 0 Å². The van der Waals surface area contributed by atoms with Gasteiger partial charge in [0.05, 0.1) is 5.25 Å². The number of thiophene rings is 1. The average molecular weight is 348 g/mol. The number of nitrogens with one attached hydrogen (secondary N) is 1. The van der Waals surface area contributed by atoms with E-state index in [1.807, 2.05) is 6.92 Å². The van der Waals surface area contributed by atoms with Gasteiger partial charge in [-0.05, 0) is 26.0 Å². The monoisotopic (exact) mass is 348 g/mol. The third-order valence-electron chi connectivity index (χ3n) is 3.16. The molecule has 0 fully saturated rings. The molecule has 0 saturated heterocycles. The second-order valence-corrected chi connectivity index (χ2v) is 9.96. The van der Waals surface area contributed by atoms with E-state index in [9.17, 15) is 16.8 Å². The summed E-state index contributed by atoms with van der Waals surface area (Å²) < 4.78 is 47.3.